The molecule has 1 saturated heterocycles. The molecular weight excluding hydrogens is 176 g/mol. The van der Waals surface area contributed by atoms with E-state index >= 15 is 0 Å². The van der Waals surface area contributed by atoms with Crippen molar-refractivity contribution in [3.63, 3.8) is 0 Å². The lowest BCUT2D eigenvalue weighted by Crippen LogP contribution is -2.33. The van der Waals surface area contributed by atoms with Crippen LogP contribution in [0.4, 0.5) is 0 Å². The maximum absolute atomic E-state index is 5.08. The fraction of sp³-hybridized carbons (Fsp3) is 0.545. The van der Waals surface area contributed by atoms with E-state index in [1.165, 1.54) is 6.42 Å². The summed E-state index contributed by atoms with van der Waals surface area (Å²) in [6.45, 7) is 3.29. The summed E-state index contributed by atoms with van der Waals surface area (Å²) >= 11 is 0. The van der Waals surface area contributed by atoms with Gasteiger partial charge in [0.15, 0.2) is 0 Å². The Hall–Kier alpha value is -1.09. The largest absolute Gasteiger partial charge is 0.495 e. The predicted molar refractivity (Wildman–Crippen MR) is 55.4 cm³/mol. The molecule has 1 N–H and O–H groups in total. The monoisotopic (exact) mass is 192 g/mol. The van der Waals surface area contributed by atoms with Gasteiger partial charge in [-0.2, -0.15) is 0 Å². The Kier molecular flexibility index (Phi) is 2.42. The summed E-state index contributed by atoms with van der Waals surface area (Å²) in [6, 6.07) is 4.00. The smallest absolute Gasteiger partial charge is 0.137 e. The molecule has 1 atom stereocenters. The van der Waals surface area contributed by atoms with E-state index in [0.717, 1.165) is 24.4 Å². The Bertz CT molecular complexity index is 302. The average molecular weight is 192 g/mol. The molecule has 0 spiro atoms. The number of methoxy groups -OCH3 is 1. The highest BCUT2D eigenvalue weighted by Crippen LogP contribution is 2.29. The van der Waals surface area contributed by atoms with Crippen LogP contribution in [0.3, 0.4) is 0 Å². The second-order valence-electron chi connectivity index (χ2n) is 3.95. The third kappa shape index (κ3) is 1.60. The van der Waals surface area contributed by atoms with Gasteiger partial charge in [0.2, 0.25) is 0 Å². The van der Waals surface area contributed by atoms with E-state index in [4.69, 9.17) is 4.74 Å². The molecule has 76 valence electrons. The molecule has 0 amide bonds. The molecule has 0 radical (unpaired) electrons. The second kappa shape index (κ2) is 3.58. The first-order valence-corrected chi connectivity index (χ1v) is 5.00. The third-order valence-electron chi connectivity index (χ3n) is 2.91. The van der Waals surface area contributed by atoms with Crippen molar-refractivity contribution < 1.29 is 4.74 Å². The van der Waals surface area contributed by atoms with Gasteiger partial charge in [0.1, 0.15) is 5.75 Å². The minimum atomic E-state index is 0.0618. The molecule has 1 aliphatic heterocycles. The molecular formula is C11H16N2O. The maximum atomic E-state index is 5.08. The van der Waals surface area contributed by atoms with E-state index in [-0.39, 0.29) is 5.54 Å². The van der Waals surface area contributed by atoms with Gasteiger partial charge in [0.25, 0.3) is 0 Å². The predicted octanol–water partition coefficient (Wildman–Crippen LogP) is 1.69. The van der Waals surface area contributed by atoms with Crippen molar-refractivity contribution in [3.8, 4) is 5.75 Å². The number of nitrogens with one attached hydrogen (secondary N) is 1. The van der Waals surface area contributed by atoms with Crippen LogP contribution in [0.25, 0.3) is 0 Å². The zero-order valence-electron chi connectivity index (χ0n) is 8.71. The molecule has 3 heteroatoms. The molecule has 1 fully saturated rings. The van der Waals surface area contributed by atoms with Crippen LogP contribution in [-0.4, -0.2) is 18.6 Å². The van der Waals surface area contributed by atoms with Gasteiger partial charge in [-0.15, -0.1) is 0 Å². The molecule has 3 nitrogen and oxygen atoms in total. The van der Waals surface area contributed by atoms with Gasteiger partial charge in [-0.05, 0) is 38.4 Å². The summed E-state index contributed by atoms with van der Waals surface area (Å²) < 4.78 is 5.08. The van der Waals surface area contributed by atoms with E-state index in [1.807, 2.05) is 12.1 Å². The Morgan fingerprint density at radius 2 is 2.36 bits per heavy atom. The highest BCUT2D eigenvalue weighted by molar-refractivity contribution is 5.24. The fourth-order valence-corrected chi connectivity index (χ4v) is 1.94. The Morgan fingerprint density at radius 3 is 2.86 bits per heavy atom. The number of nitrogens with zero attached hydrogens (tertiary/aromatic N) is 1. The topological polar surface area (TPSA) is 34.1 Å². The summed E-state index contributed by atoms with van der Waals surface area (Å²) in [5.41, 5.74) is 1.17. The average Bonchev–Trinajstić information content (AvgIpc) is 2.67. The fourth-order valence-electron chi connectivity index (χ4n) is 1.94. The van der Waals surface area contributed by atoms with Crippen molar-refractivity contribution in [1.29, 1.82) is 0 Å². The van der Waals surface area contributed by atoms with Crippen LogP contribution < -0.4 is 10.1 Å². The van der Waals surface area contributed by atoms with Crippen LogP contribution in [0.5, 0.6) is 5.75 Å². The maximum Gasteiger partial charge on any atom is 0.137 e. The first kappa shape index (κ1) is 9.46. The van der Waals surface area contributed by atoms with Gasteiger partial charge < -0.3 is 10.1 Å². The van der Waals surface area contributed by atoms with Gasteiger partial charge >= 0.3 is 0 Å². The summed E-state index contributed by atoms with van der Waals surface area (Å²) in [5, 5.41) is 3.48. The zero-order valence-corrected chi connectivity index (χ0v) is 8.71. The highest BCUT2D eigenvalue weighted by atomic mass is 16.5. The lowest BCUT2D eigenvalue weighted by atomic mass is 9.95. The molecule has 1 aliphatic rings. The molecule has 0 aromatic carbocycles. The lowest BCUT2D eigenvalue weighted by molar-refractivity contribution is 0.402. The standard InChI is InChI=1S/C11H16N2O/c1-11(6-3-7-13-11)10-5-4-9(14-2)8-12-10/h4-5,8,13H,3,6-7H2,1-2H3. The molecule has 1 aromatic heterocycles. The van der Waals surface area contributed by atoms with Crippen molar-refractivity contribution >= 4 is 0 Å². The molecule has 0 bridgehead atoms. The summed E-state index contributed by atoms with van der Waals surface area (Å²) in [5.74, 6) is 0.815. The van der Waals surface area contributed by atoms with E-state index in [0.29, 0.717) is 0 Å². The van der Waals surface area contributed by atoms with Crippen molar-refractivity contribution in [2.45, 2.75) is 25.3 Å². The van der Waals surface area contributed by atoms with Crippen molar-refractivity contribution in [3.05, 3.63) is 24.0 Å². The minimum absolute atomic E-state index is 0.0618. The number of hydrogen-bond donors (Lipinski definition) is 1. The Labute approximate surface area is 84.5 Å². The number of rotatable bonds is 2. The van der Waals surface area contributed by atoms with Gasteiger partial charge in [0, 0.05) is 0 Å². The van der Waals surface area contributed by atoms with Crippen LogP contribution in [0.2, 0.25) is 0 Å². The number of hydrogen-bond acceptors (Lipinski definition) is 3. The minimum Gasteiger partial charge on any atom is -0.495 e. The van der Waals surface area contributed by atoms with E-state index in [1.54, 1.807) is 13.3 Å². The van der Waals surface area contributed by atoms with Crippen LogP contribution in [0.1, 0.15) is 25.5 Å². The molecule has 2 rings (SSSR count). The summed E-state index contributed by atoms with van der Waals surface area (Å²) in [7, 11) is 1.66. The first-order chi connectivity index (χ1) is 6.74. The molecule has 0 aliphatic carbocycles. The summed E-state index contributed by atoms with van der Waals surface area (Å²) in [4.78, 5) is 4.42. The van der Waals surface area contributed by atoms with Crippen molar-refractivity contribution in [2.24, 2.45) is 0 Å². The van der Waals surface area contributed by atoms with Crippen molar-refractivity contribution in [2.75, 3.05) is 13.7 Å². The van der Waals surface area contributed by atoms with E-state index < -0.39 is 0 Å². The molecule has 14 heavy (non-hydrogen) atoms. The van der Waals surface area contributed by atoms with Gasteiger partial charge in [-0.1, -0.05) is 0 Å². The second-order valence-corrected chi connectivity index (χ2v) is 3.95. The van der Waals surface area contributed by atoms with Crippen LogP contribution >= 0.6 is 0 Å². The first-order valence-electron chi connectivity index (χ1n) is 5.00. The van der Waals surface area contributed by atoms with E-state index in [9.17, 15) is 0 Å². The molecule has 0 saturated carbocycles. The lowest BCUT2D eigenvalue weighted by Gasteiger charge is -2.23. The Morgan fingerprint density at radius 1 is 1.50 bits per heavy atom. The van der Waals surface area contributed by atoms with Gasteiger partial charge in [0.05, 0.1) is 24.5 Å². The van der Waals surface area contributed by atoms with Gasteiger partial charge in [-0.25, -0.2) is 0 Å². The van der Waals surface area contributed by atoms with E-state index in [2.05, 4.69) is 17.2 Å². The molecule has 1 unspecified atom stereocenters. The van der Waals surface area contributed by atoms with Crippen LogP contribution in [0.15, 0.2) is 18.3 Å². The van der Waals surface area contributed by atoms with Crippen molar-refractivity contribution in [1.82, 2.24) is 10.3 Å². The normalized spacial score (nSPS) is 26.4. The molecule has 2 heterocycles. The quantitative estimate of drug-likeness (QED) is 0.774. The van der Waals surface area contributed by atoms with Crippen LogP contribution in [-0.2, 0) is 5.54 Å². The number of aromatic nitrogens is 1. The zero-order chi connectivity index (χ0) is 10.0. The SMILES string of the molecule is COc1ccc(C2(C)CCCN2)nc1. The third-order valence-corrected chi connectivity index (χ3v) is 2.91. The number of ether oxygens (including phenoxy) is 1. The Balaban J connectivity index is 2.23. The van der Waals surface area contributed by atoms with Gasteiger partial charge in [-0.3, -0.25) is 4.98 Å². The number of pyridine rings is 1. The van der Waals surface area contributed by atoms with Crippen LogP contribution in [0, 0.1) is 0 Å². The highest BCUT2D eigenvalue weighted by Gasteiger charge is 2.30. The summed E-state index contributed by atoms with van der Waals surface area (Å²) in [6.07, 6.45) is 4.16. The molecule has 1 aromatic rings.